The molecule has 112 valence electrons. The highest BCUT2D eigenvalue weighted by molar-refractivity contribution is 4.84. The van der Waals surface area contributed by atoms with Crippen molar-refractivity contribution in [2.75, 3.05) is 32.8 Å². The van der Waals surface area contributed by atoms with Gasteiger partial charge in [0.15, 0.2) is 0 Å². The van der Waals surface area contributed by atoms with Crippen molar-refractivity contribution >= 4 is 0 Å². The van der Waals surface area contributed by atoms with E-state index in [1.54, 1.807) is 0 Å². The maximum atomic E-state index is 9.59. The Morgan fingerprint density at radius 2 is 2.05 bits per heavy atom. The second-order valence-electron chi connectivity index (χ2n) is 6.46. The molecule has 2 heterocycles. The standard InChI is InChI=1S/C15H30N2O2/c1-12(2)16-7-8-19-15(10-16)11-17-6-4-5-14(17)9-13(3)18/h12-15,18H,4-11H2,1-3H3. The van der Waals surface area contributed by atoms with Crippen LogP contribution in [-0.4, -0.2) is 72.0 Å². The van der Waals surface area contributed by atoms with Crippen molar-refractivity contribution < 1.29 is 9.84 Å². The summed E-state index contributed by atoms with van der Waals surface area (Å²) in [4.78, 5) is 5.04. The van der Waals surface area contributed by atoms with Crippen LogP contribution in [0, 0.1) is 0 Å². The lowest BCUT2D eigenvalue weighted by atomic mass is 10.1. The zero-order valence-electron chi connectivity index (χ0n) is 12.7. The molecule has 3 unspecified atom stereocenters. The number of hydrogen-bond acceptors (Lipinski definition) is 4. The molecule has 0 spiro atoms. The van der Waals surface area contributed by atoms with E-state index in [1.807, 2.05) is 6.92 Å². The molecule has 2 fully saturated rings. The summed E-state index contributed by atoms with van der Waals surface area (Å²) in [6, 6.07) is 1.16. The fourth-order valence-electron chi connectivity index (χ4n) is 3.38. The Kier molecular flexibility index (Phi) is 5.63. The summed E-state index contributed by atoms with van der Waals surface area (Å²) in [6.45, 7) is 11.6. The van der Waals surface area contributed by atoms with E-state index in [1.165, 1.54) is 19.4 Å². The van der Waals surface area contributed by atoms with Crippen LogP contribution in [0.25, 0.3) is 0 Å². The number of aliphatic hydroxyl groups is 1. The third kappa shape index (κ3) is 4.42. The van der Waals surface area contributed by atoms with E-state index in [9.17, 15) is 5.11 Å². The number of nitrogens with zero attached hydrogens (tertiary/aromatic N) is 2. The smallest absolute Gasteiger partial charge is 0.0829 e. The van der Waals surface area contributed by atoms with Crippen molar-refractivity contribution in [1.29, 1.82) is 0 Å². The number of ether oxygens (including phenoxy) is 1. The average Bonchev–Trinajstić information content (AvgIpc) is 2.76. The molecule has 2 rings (SSSR count). The molecule has 0 aromatic rings. The predicted molar refractivity (Wildman–Crippen MR) is 77.3 cm³/mol. The maximum absolute atomic E-state index is 9.59. The zero-order chi connectivity index (χ0) is 13.8. The zero-order valence-corrected chi connectivity index (χ0v) is 12.7. The minimum atomic E-state index is -0.190. The lowest BCUT2D eigenvalue weighted by molar-refractivity contribution is -0.0549. The van der Waals surface area contributed by atoms with E-state index in [0.717, 1.165) is 32.7 Å². The molecule has 0 aromatic carbocycles. The van der Waals surface area contributed by atoms with Gasteiger partial charge in [0.05, 0.1) is 18.8 Å². The second kappa shape index (κ2) is 7.02. The van der Waals surface area contributed by atoms with E-state index in [2.05, 4.69) is 23.6 Å². The van der Waals surface area contributed by atoms with Crippen molar-refractivity contribution in [3.63, 3.8) is 0 Å². The molecule has 4 nitrogen and oxygen atoms in total. The van der Waals surface area contributed by atoms with Gasteiger partial charge < -0.3 is 9.84 Å². The fourth-order valence-corrected chi connectivity index (χ4v) is 3.38. The van der Waals surface area contributed by atoms with Gasteiger partial charge in [0.1, 0.15) is 0 Å². The molecular weight excluding hydrogens is 240 g/mol. The highest BCUT2D eigenvalue weighted by Crippen LogP contribution is 2.23. The maximum Gasteiger partial charge on any atom is 0.0829 e. The van der Waals surface area contributed by atoms with Crippen LogP contribution in [0.2, 0.25) is 0 Å². The van der Waals surface area contributed by atoms with E-state index in [4.69, 9.17) is 4.74 Å². The predicted octanol–water partition coefficient (Wildman–Crippen LogP) is 1.33. The summed E-state index contributed by atoms with van der Waals surface area (Å²) in [5, 5.41) is 9.59. The molecule has 2 aliphatic rings. The summed E-state index contributed by atoms with van der Waals surface area (Å²) < 4.78 is 5.93. The highest BCUT2D eigenvalue weighted by atomic mass is 16.5. The number of aliphatic hydroxyl groups excluding tert-OH is 1. The largest absolute Gasteiger partial charge is 0.393 e. The fraction of sp³-hybridized carbons (Fsp3) is 1.00. The molecular formula is C15H30N2O2. The van der Waals surface area contributed by atoms with Crippen LogP contribution in [-0.2, 0) is 4.74 Å². The second-order valence-corrected chi connectivity index (χ2v) is 6.46. The third-order valence-electron chi connectivity index (χ3n) is 4.45. The van der Waals surface area contributed by atoms with Crippen molar-refractivity contribution in [1.82, 2.24) is 9.80 Å². The number of rotatable bonds is 5. The number of morpholine rings is 1. The minimum absolute atomic E-state index is 0.190. The van der Waals surface area contributed by atoms with Gasteiger partial charge in [0, 0.05) is 31.7 Å². The van der Waals surface area contributed by atoms with Gasteiger partial charge in [-0.05, 0) is 46.6 Å². The van der Waals surface area contributed by atoms with Crippen LogP contribution >= 0.6 is 0 Å². The van der Waals surface area contributed by atoms with Gasteiger partial charge in [-0.15, -0.1) is 0 Å². The normalized spacial score (nSPS) is 32.1. The van der Waals surface area contributed by atoms with Crippen molar-refractivity contribution in [3.8, 4) is 0 Å². The number of hydrogen-bond donors (Lipinski definition) is 1. The third-order valence-corrected chi connectivity index (χ3v) is 4.45. The van der Waals surface area contributed by atoms with E-state index in [0.29, 0.717) is 18.2 Å². The molecule has 0 saturated carbocycles. The summed E-state index contributed by atoms with van der Waals surface area (Å²) in [5.74, 6) is 0. The van der Waals surface area contributed by atoms with Crippen LogP contribution < -0.4 is 0 Å². The Hall–Kier alpha value is -0.160. The lowest BCUT2D eigenvalue weighted by Crippen LogP contribution is -2.50. The van der Waals surface area contributed by atoms with Gasteiger partial charge in [0.2, 0.25) is 0 Å². The van der Waals surface area contributed by atoms with Gasteiger partial charge >= 0.3 is 0 Å². The Labute approximate surface area is 117 Å². The van der Waals surface area contributed by atoms with Gasteiger partial charge in [-0.1, -0.05) is 0 Å². The molecule has 0 amide bonds. The first kappa shape index (κ1) is 15.2. The number of likely N-dealkylation sites (tertiary alicyclic amines) is 1. The minimum Gasteiger partial charge on any atom is -0.393 e. The van der Waals surface area contributed by atoms with E-state index < -0.39 is 0 Å². The SMILES string of the molecule is CC(O)CC1CCCN1CC1CN(C(C)C)CCO1. The Bertz CT molecular complexity index is 271. The summed E-state index contributed by atoms with van der Waals surface area (Å²) in [5.41, 5.74) is 0. The molecule has 19 heavy (non-hydrogen) atoms. The average molecular weight is 270 g/mol. The van der Waals surface area contributed by atoms with Crippen molar-refractivity contribution in [2.45, 2.75) is 64.3 Å². The van der Waals surface area contributed by atoms with Gasteiger partial charge in [0.25, 0.3) is 0 Å². The van der Waals surface area contributed by atoms with E-state index in [-0.39, 0.29) is 6.10 Å². The first-order valence-corrected chi connectivity index (χ1v) is 7.84. The molecule has 0 aliphatic carbocycles. The Balaban J connectivity index is 1.82. The van der Waals surface area contributed by atoms with Gasteiger partial charge in [-0.2, -0.15) is 0 Å². The van der Waals surface area contributed by atoms with Crippen molar-refractivity contribution in [2.24, 2.45) is 0 Å². The van der Waals surface area contributed by atoms with Crippen LogP contribution in [0.5, 0.6) is 0 Å². The van der Waals surface area contributed by atoms with Crippen LogP contribution in [0.3, 0.4) is 0 Å². The molecule has 2 saturated heterocycles. The van der Waals surface area contributed by atoms with Gasteiger partial charge in [-0.25, -0.2) is 0 Å². The molecule has 0 aromatic heterocycles. The first-order valence-electron chi connectivity index (χ1n) is 7.84. The van der Waals surface area contributed by atoms with Crippen LogP contribution in [0.15, 0.2) is 0 Å². The topological polar surface area (TPSA) is 35.9 Å². The molecule has 4 heteroatoms. The molecule has 2 aliphatic heterocycles. The highest BCUT2D eigenvalue weighted by Gasteiger charge is 2.30. The molecule has 0 radical (unpaired) electrons. The summed E-state index contributed by atoms with van der Waals surface area (Å²) in [6.07, 6.45) is 3.54. The summed E-state index contributed by atoms with van der Waals surface area (Å²) in [7, 11) is 0. The monoisotopic (exact) mass is 270 g/mol. The quantitative estimate of drug-likeness (QED) is 0.817. The Morgan fingerprint density at radius 1 is 1.26 bits per heavy atom. The molecule has 3 atom stereocenters. The molecule has 1 N–H and O–H groups in total. The van der Waals surface area contributed by atoms with Crippen LogP contribution in [0.1, 0.15) is 40.0 Å². The van der Waals surface area contributed by atoms with Crippen molar-refractivity contribution in [3.05, 3.63) is 0 Å². The summed E-state index contributed by atoms with van der Waals surface area (Å²) >= 11 is 0. The molecule has 0 bridgehead atoms. The Morgan fingerprint density at radius 3 is 2.74 bits per heavy atom. The van der Waals surface area contributed by atoms with Gasteiger partial charge in [-0.3, -0.25) is 9.80 Å². The lowest BCUT2D eigenvalue weighted by Gasteiger charge is -2.38. The van der Waals surface area contributed by atoms with E-state index >= 15 is 0 Å². The first-order chi connectivity index (χ1) is 9.06. The van der Waals surface area contributed by atoms with Crippen LogP contribution in [0.4, 0.5) is 0 Å².